The number of allylic oxidation sites excluding steroid dienone is 2. The van der Waals surface area contributed by atoms with Gasteiger partial charge in [0, 0.05) is 31.4 Å². The van der Waals surface area contributed by atoms with Gasteiger partial charge in [0.05, 0.1) is 7.11 Å². The summed E-state index contributed by atoms with van der Waals surface area (Å²) in [6.07, 6.45) is 10.5. The Morgan fingerprint density at radius 2 is 2.29 bits per heavy atom. The lowest BCUT2D eigenvalue weighted by Crippen LogP contribution is -2.32. The van der Waals surface area contributed by atoms with Gasteiger partial charge in [-0.15, -0.1) is 0 Å². The van der Waals surface area contributed by atoms with Crippen LogP contribution in [0.3, 0.4) is 0 Å². The molecule has 0 aliphatic heterocycles. The Hall–Kier alpha value is -2.56. The SMILES string of the molecule is COc1ccccc1[C@H](NC(=O)C[C@@H]1C=CCC1)c1nccn1C. The van der Waals surface area contributed by atoms with E-state index in [0.29, 0.717) is 12.3 Å². The van der Waals surface area contributed by atoms with Crippen molar-refractivity contribution in [1.82, 2.24) is 14.9 Å². The summed E-state index contributed by atoms with van der Waals surface area (Å²) in [6.45, 7) is 0. The molecule has 1 aliphatic rings. The maximum absolute atomic E-state index is 12.6. The van der Waals surface area contributed by atoms with Crippen LogP contribution in [-0.4, -0.2) is 22.6 Å². The molecule has 1 N–H and O–H groups in total. The number of amides is 1. The number of hydrogen-bond donors (Lipinski definition) is 1. The summed E-state index contributed by atoms with van der Waals surface area (Å²) < 4.78 is 7.40. The van der Waals surface area contributed by atoms with Gasteiger partial charge >= 0.3 is 0 Å². The van der Waals surface area contributed by atoms with Crippen molar-refractivity contribution < 1.29 is 9.53 Å². The van der Waals surface area contributed by atoms with Gasteiger partial charge in [0.25, 0.3) is 0 Å². The van der Waals surface area contributed by atoms with Crippen molar-refractivity contribution in [3.63, 3.8) is 0 Å². The minimum Gasteiger partial charge on any atom is -0.496 e. The van der Waals surface area contributed by atoms with Gasteiger partial charge in [-0.05, 0) is 24.8 Å². The maximum atomic E-state index is 12.6. The second kappa shape index (κ2) is 7.34. The highest BCUT2D eigenvalue weighted by Gasteiger charge is 2.25. The van der Waals surface area contributed by atoms with Gasteiger partial charge in [0.2, 0.25) is 5.91 Å². The van der Waals surface area contributed by atoms with Crippen molar-refractivity contribution in [2.24, 2.45) is 13.0 Å². The van der Waals surface area contributed by atoms with Gasteiger partial charge in [0.1, 0.15) is 17.6 Å². The summed E-state index contributed by atoms with van der Waals surface area (Å²) in [6, 6.07) is 7.40. The number of rotatable bonds is 6. The van der Waals surface area contributed by atoms with Gasteiger partial charge in [-0.25, -0.2) is 4.98 Å². The minimum atomic E-state index is -0.334. The molecular formula is C19H23N3O2. The number of carbonyl (C=O) groups is 1. The third kappa shape index (κ3) is 3.50. The first-order valence-corrected chi connectivity index (χ1v) is 8.25. The van der Waals surface area contributed by atoms with Gasteiger partial charge < -0.3 is 14.6 Å². The number of carbonyl (C=O) groups excluding carboxylic acids is 1. The van der Waals surface area contributed by atoms with E-state index in [1.54, 1.807) is 13.3 Å². The number of aromatic nitrogens is 2. The van der Waals surface area contributed by atoms with Gasteiger partial charge in [-0.2, -0.15) is 0 Å². The van der Waals surface area contributed by atoms with Crippen LogP contribution in [0.2, 0.25) is 0 Å². The Labute approximate surface area is 142 Å². The van der Waals surface area contributed by atoms with E-state index in [1.807, 2.05) is 42.1 Å². The fraction of sp³-hybridized carbons (Fsp3) is 0.368. The zero-order valence-corrected chi connectivity index (χ0v) is 14.1. The van der Waals surface area contributed by atoms with Crippen LogP contribution < -0.4 is 10.1 Å². The van der Waals surface area contributed by atoms with E-state index in [1.165, 1.54) is 0 Å². The summed E-state index contributed by atoms with van der Waals surface area (Å²) in [7, 11) is 3.57. The first kappa shape index (κ1) is 16.3. The highest BCUT2D eigenvalue weighted by atomic mass is 16.5. The van der Waals surface area contributed by atoms with E-state index in [4.69, 9.17) is 4.74 Å². The van der Waals surface area contributed by atoms with E-state index < -0.39 is 0 Å². The Kier molecular flexibility index (Phi) is 4.99. The van der Waals surface area contributed by atoms with Gasteiger partial charge in [-0.1, -0.05) is 30.4 Å². The van der Waals surface area contributed by atoms with Crippen molar-refractivity contribution in [3.8, 4) is 5.75 Å². The molecule has 1 aromatic heterocycles. The van der Waals surface area contributed by atoms with Crippen LogP contribution in [0.1, 0.15) is 36.7 Å². The fourth-order valence-corrected chi connectivity index (χ4v) is 3.16. The number of hydrogen-bond acceptors (Lipinski definition) is 3. The Bertz CT molecular complexity index is 736. The summed E-state index contributed by atoms with van der Waals surface area (Å²) >= 11 is 0. The molecule has 2 atom stereocenters. The van der Waals surface area contributed by atoms with Crippen LogP contribution in [0.25, 0.3) is 0 Å². The predicted octanol–water partition coefficient (Wildman–Crippen LogP) is 2.99. The third-order valence-corrected chi connectivity index (χ3v) is 4.43. The van der Waals surface area contributed by atoms with Crippen molar-refractivity contribution in [2.45, 2.75) is 25.3 Å². The number of ether oxygens (including phenoxy) is 1. The first-order valence-electron chi connectivity index (χ1n) is 8.25. The van der Waals surface area contributed by atoms with E-state index in [9.17, 15) is 4.79 Å². The quantitative estimate of drug-likeness (QED) is 0.831. The minimum absolute atomic E-state index is 0.0328. The smallest absolute Gasteiger partial charge is 0.221 e. The normalized spacial score (nSPS) is 17.7. The molecule has 2 aromatic rings. The molecule has 1 amide bonds. The topological polar surface area (TPSA) is 56.1 Å². The zero-order chi connectivity index (χ0) is 16.9. The van der Waals surface area contributed by atoms with Gasteiger partial charge in [0.15, 0.2) is 0 Å². The van der Waals surface area contributed by atoms with Crippen molar-refractivity contribution in [3.05, 3.63) is 60.2 Å². The Morgan fingerprint density at radius 3 is 2.96 bits per heavy atom. The molecule has 0 spiro atoms. The molecule has 24 heavy (non-hydrogen) atoms. The van der Waals surface area contributed by atoms with E-state index in [-0.39, 0.29) is 11.9 Å². The van der Waals surface area contributed by atoms with Crippen molar-refractivity contribution in [1.29, 1.82) is 0 Å². The van der Waals surface area contributed by atoms with Crippen LogP contribution in [0.4, 0.5) is 0 Å². The molecule has 0 fully saturated rings. The van der Waals surface area contributed by atoms with Crippen LogP contribution in [0.5, 0.6) is 5.75 Å². The molecule has 0 bridgehead atoms. The monoisotopic (exact) mass is 325 g/mol. The first-order chi connectivity index (χ1) is 11.7. The fourth-order valence-electron chi connectivity index (χ4n) is 3.16. The predicted molar refractivity (Wildman–Crippen MR) is 92.7 cm³/mol. The summed E-state index contributed by atoms with van der Waals surface area (Å²) in [4.78, 5) is 17.0. The second-order valence-electron chi connectivity index (χ2n) is 6.11. The molecule has 1 heterocycles. The molecule has 126 valence electrons. The lowest BCUT2D eigenvalue weighted by molar-refractivity contribution is -0.122. The molecule has 0 radical (unpaired) electrons. The number of aryl methyl sites for hydroxylation is 1. The average molecular weight is 325 g/mol. The highest BCUT2D eigenvalue weighted by molar-refractivity contribution is 5.77. The maximum Gasteiger partial charge on any atom is 0.221 e. The molecule has 1 aliphatic carbocycles. The van der Waals surface area contributed by atoms with Crippen molar-refractivity contribution >= 4 is 5.91 Å². The number of imidazole rings is 1. The molecule has 5 heteroatoms. The van der Waals surface area contributed by atoms with Crippen molar-refractivity contribution in [2.75, 3.05) is 7.11 Å². The molecule has 0 saturated carbocycles. The number of nitrogens with one attached hydrogen (secondary N) is 1. The number of para-hydroxylation sites is 1. The lowest BCUT2D eigenvalue weighted by Gasteiger charge is -2.22. The third-order valence-electron chi connectivity index (χ3n) is 4.43. The average Bonchev–Trinajstić information content (AvgIpc) is 3.24. The Morgan fingerprint density at radius 1 is 1.46 bits per heavy atom. The van der Waals surface area contributed by atoms with Gasteiger partial charge in [-0.3, -0.25) is 4.79 Å². The van der Waals surface area contributed by atoms with Crippen LogP contribution in [0, 0.1) is 5.92 Å². The molecule has 0 unspecified atom stereocenters. The number of nitrogens with zero attached hydrogens (tertiary/aromatic N) is 2. The second-order valence-corrected chi connectivity index (χ2v) is 6.11. The summed E-state index contributed by atoms with van der Waals surface area (Å²) in [5, 5.41) is 3.14. The van der Waals surface area contributed by atoms with Crippen LogP contribution >= 0.6 is 0 Å². The lowest BCUT2D eigenvalue weighted by atomic mass is 10.0. The standard InChI is InChI=1S/C19H23N3O2/c1-22-12-11-20-19(22)18(15-9-5-6-10-16(15)24-2)21-17(23)13-14-7-3-4-8-14/h3,5-7,9-12,14,18H,4,8,13H2,1-2H3,(H,21,23)/t14-,18+/m1/s1. The van der Waals surface area contributed by atoms with E-state index in [2.05, 4.69) is 22.5 Å². The van der Waals surface area contributed by atoms with E-state index in [0.717, 1.165) is 30.0 Å². The number of methoxy groups -OCH3 is 1. The van der Waals surface area contributed by atoms with Crippen LogP contribution in [-0.2, 0) is 11.8 Å². The molecular weight excluding hydrogens is 302 g/mol. The summed E-state index contributed by atoms with van der Waals surface area (Å²) in [5.41, 5.74) is 0.907. The number of benzene rings is 1. The highest BCUT2D eigenvalue weighted by Crippen LogP contribution is 2.29. The molecule has 5 nitrogen and oxygen atoms in total. The largest absolute Gasteiger partial charge is 0.496 e. The Balaban J connectivity index is 1.86. The van der Waals surface area contributed by atoms with E-state index >= 15 is 0 Å². The molecule has 0 saturated heterocycles. The molecule has 1 aromatic carbocycles. The summed E-state index contributed by atoms with van der Waals surface area (Å²) in [5.74, 6) is 1.90. The molecule has 3 rings (SSSR count). The van der Waals surface area contributed by atoms with Crippen LogP contribution in [0.15, 0.2) is 48.8 Å². The zero-order valence-electron chi connectivity index (χ0n) is 14.1.